The van der Waals surface area contributed by atoms with Gasteiger partial charge in [0.05, 0.1) is 27.8 Å². The van der Waals surface area contributed by atoms with Crippen molar-refractivity contribution in [3.05, 3.63) is 145 Å². The fourth-order valence-corrected chi connectivity index (χ4v) is 7.75. The second-order valence-electron chi connectivity index (χ2n) is 11.4. The van der Waals surface area contributed by atoms with Gasteiger partial charge in [-0.3, -0.25) is 0 Å². The molecule has 3 heterocycles. The topological polar surface area (TPSA) is 91.2 Å². The van der Waals surface area contributed by atoms with Crippen LogP contribution in [0.15, 0.2) is 133 Å². The molecule has 0 N–H and O–H groups in total. The number of nitrogens with zero attached hydrogens (tertiary/aromatic N) is 6. The monoisotopic (exact) mass is 630 g/mol. The van der Waals surface area contributed by atoms with Crippen LogP contribution in [0.5, 0.6) is 0 Å². The van der Waals surface area contributed by atoms with E-state index in [1.165, 1.54) is 4.70 Å². The number of fused-ring (bicyclic) bond motifs is 7. The molecule has 0 atom stereocenters. The van der Waals surface area contributed by atoms with Crippen molar-refractivity contribution in [2.45, 2.75) is 0 Å². The van der Waals surface area contributed by atoms with E-state index < -0.39 is 0 Å². The minimum atomic E-state index is 0.215. The largest absolute Gasteiger partial charge is 0.307 e. The van der Waals surface area contributed by atoms with E-state index >= 15 is 0 Å². The Morgan fingerprint density at radius 1 is 0.500 bits per heavy atom. The molecule has 3 aromatic heterocycles. The number of thiophene rings is 1. The number of para-hydroxylation sites is 1. The van der Waals surface area contributed by atoms with Gasteiger partial charge in [-0.15, -0.1) is 11.3 Å². The van der Waals surface area contributed by atoms with E-state index in [1.807, 2.05) is 84.9 Å². The Balaban J connectivity index is 1.35. The molecule has 0 unspecified atom stereocenters. The molecule has 9 aromatic rings. The quantitative estimate of drug-likeness (QED) is 0.193. The number of aromatic nitrogens is 4. The summed E-state index contributed by atoms with van der Waals surface area (Å²) in [5.74, 6) is 1.30. The highest BCUT2D eigenvalue weighted by Gasteiger charge is 2.24. The van der Waals surface area contributed by atoms with Crippen LogP contribution in [0.1, 0.15) is 11.1 Å². The average Bonchev–Trinajstić information content (AvgIpc) is 3.70. The predicted octanol–water partition coefficient (Wildman–Crippen LogP) is 10.1. The molecule has 6 aromatic carbocycles. The molecule has 0 aliphatic heterocycles. The van der Waals surface area contributed by atoms with Gasteiger partial charge in [0.25, 0.3) is 0 Å². The Kier molecular flexibility index (Phi) is 6.33. The first-order valence-electron chi connectivity index (χ1n) is 15.4. The van der Waals surface area contributed by atoms with Gasteiger partial charge in [-0.2, -0.15) is 10.5 Å². The molecule has 7 heteroatoms. The molecule has 222 valence electrons. The van der Waals surface area contributed by atoms with Crippen LogP contribution in [-0.2, 0) is 0 Å². The van der Waals surface area contributed by atoms with Gasteiger partial charge < -0.3 is 4.57 Å². The van der Waals surface area contributed by atoms with Crippen molar-refractivity contribution < 1.29 is 0 Å². The Morgan fingerprint density at radius 3 is 1.79 bits per heavy atom. The van der Waals surface area contributed by atoms with Crippen LogP contribution < -0.4 is 0 Å². The maximum atomic E-state index is 10.8. The van der Waals surface area contributed by atoms with Crippen LogP contribution in [0.2, 0.25) is 0 Å². The van der Waals surface area contributed by atoms with E-state index in [9.17, 15) is 10.5 Å². The lowest BCUT2D eigenvalue weighted by atomic mass is 9.99. The molecule has 0 aliphatic carbocycles. The zero-order chi connectivity index (χ0) is 32.2. The van der Waals surface area contributed by atoms with Gasteiger partial charge >= 0.3 is 0 Å². The molecule has 0 bridgehead atoms. The summed E-state index contributed by atoms with van der Waals surface area (Å²) in [6.45, 7) is 0. The number of nitriles is 2. The molecule has 0 amide bonds. The van der Waals surface area contributed by atoms with E-state index in [0.29, 0.717) is 28.7 Å². The van der Waals surface area contributed by atoms with E-state index in [-0.39, 0.29) is 11.1 Å². The van der Waals surface area contributed by atoms with Crippen LogP contribution in [0.3, 0.4) is 0 Å². The van der Waals surface area contributed by atoms with Gasteiger partial charge in [-0.25, -0.2) is 15.0 Å². The summed E-state index contributed by atoms with van der Waals surface area (Å²) in [6, 6.07) is 48.9. The lowest BCUT2D eigenvalue weighted by Crippen LogP contribution is -2.05. The van der Waals surface area contributed by atoms with Gasteiger partial charge in [-0.1, -0.05) is 103 Å². The minimum absolute atomic E-state index is 0.215. The van der Waals surface area contributed by atoms with E-state index in [0.717, 1.165) is 48.4 Å². The first-order valence-corrected chi connectivity index (χ1v) is 16.2. The molecule has 0 saturated carbocycles. The number of benzene rings is 6. The van der Waals surface area contributed by atoms with Crippen molar-refractivity contribution in [3.63, 3.8) is 0 Å². The van der Waals surface area contributed by atoms with Crippen molar-refractivity contribution in [2.75, 3.05) is 0 Å². The SMILES string of the molecule is N#Cc1c(-c2nc(-c3ccccc3)nc(-c3ccccc3)n2)ccc(-n2c3ccccc3c3ccc4sc5ccccc5c4c32)c1C#N. The normalized spacial score (nSPS) is 11.3. The van der Waals surface area contributed by atoms with Gasteiger partial charge in [0, 0.05) is 47.6 Å². The second kappa shape index (κ2) is 11.0. The lowest BCUT2D eigenvalue weighted by Gasteiger charge is -2.15. The van der Waals surface area contributed by atoms with Crippen LogP contribution in [0.4, 0.5) is 0 Å². The lowest BCUT2D eigenvalue weighted by molar-refractivity contribution is 1.07. The Labute approximate surface area is 279 Å². The maximum absolute atomic E-state index is 10.8. The highest BCUT2D eigenvalue weighted by Crippen LogP contribution is 2.44. The average molecular weight is 631 g/mol. The second-order valence-corrected chi connectivity index (χ2v) is 12.5. The highest BCUT2D eigenvalue weighted by molar-refractivity contribution is 7.26. The van der Waals surface area contributed by atoms with Crippen LogP contribution in [0, 0.1) is 22.7 Å². The maximum Gasteiger partial charge on any atom is 0.165 e. The molecule has 0 spiro atoms. The Hall–Kier alpha value is -6.67. The number of hydrogen-bond acceptors (Lipinski definition) is 6. The molecular formula is C41H22N6S. The van der Waals surface area contributed by atoms with E-state index in [4.69, 9.17) is 15.0 Å². The number of rotatable bonds is 4. The van der Waals surface area contributed by atoms with Gasteiger partial charge in [0.1, 0.15) is 12.1 Å². The standard InChI is InChI=1S/C41H22N6S/c42-23-31-29(41-45-39(25-11-3-1-4-12-25)44-40(46-41)26-13-5-2-6-14-26)19-21-34(32(31)24-43)47-33-17-9-7-15-27(33)28-20-22-36-37(38(28)47)30-16-8-10-18-35(30)48-36/h1-22H. The van der Waals surface area contributed by atoms with Crippen molar-refractivity contribution in [2.24, 2.45) is 0 Å². The fraction of sp³-hybridized carbons (Fsp3) is 0. The molecular weight excluding hydrogens is 609 g/mol. The van der Waals surface area contributed by atoms with Gasteiger partial charge in [0.15, 0.2) is 17.5 Å². The molecule has 9 rings (SSSR count). The van der Waals surface area contributed by atoms with Crippen molar-refractivity contribution >= 4 is 53.3 Å². The molecule has 48 heavy (non-hydrogen) atoms. The smallest absolute Gasteiger partial charge is 0.165 e. The fourth-order valence-electron chi connectivity index (χ4n) is 6.64. The molecule has 0 saturated heterocycles. The first-order chi connectivity index (χ1) is 23.7. The third-order valence-corrected chi connectivity index (χ3v) is 9.90. The summed E-state index contributed by atoms with van der Waals surface area (Å²) in [5.41, 5.74) is 5.20. The van der Waals surface area contributed by atoms with Crippen molar-refractivity contribution in [1.82, 2.24) is 19.5 Å². The van der Waals surface area contributed by atoms with Crippen molar-refractivity contribution in [3.8, 4) is 52.0 Å². The molecule has 0 aliphatic rings. The summed E-state index contributed by atoms with van der Waals surface area (Å²) in [4.78, 5) is 14.5. The molecule has 0 radical (unpaired) electrons. The highest BCUT2D eigenvalue weighted by atomic mass is 32.1. The third kappa shape index (κ3) is 4.20. The number of hydrogen-bond donors (Lipinski definition) is 0. The predicted molar refractivity (Wildman–Crippen MR) is 193 cm³/mol. The molecule has 6 nitrogen and oxygen atoms in total. The summed E-state index contributed by atoms with van der Waals surface area (Å²) >= 11 is 1.75. The van der Waals surface area contributed by atoms with E-state index in [1.54, 1.807) is 11.3 Å². The summed E-state index contributed by atoms with van der Waals surface area (Å²) in [6.07, 6.45) is 0. The Morgan fingerprint density at radius 2 is 1.10 bits per heavy atom. The summed E-state index contributed by atoms with van der Waals surface area (Å²) < 4.78 is 4.51. The molecule has 0 fully saturated rings. The Bertz CT molecular complexity index is 2740. The first kappa shape index (κ1) is 27.6. The van der Waals surface area contributed by atoms with Crippen LogP contribution in [0.25, 0.3) is 81.8 Å². The van der Waals surface area contributed by atoms with E-state index in [2.05, 4.69) is 65.2 Å². The summed E-state index contributed by atoms with van der Waals surface area (Å²) in [5, 5.41) is 26.0. The summed E-state index contributed by atoms with van der Waals surface area (Å²) in [7, 11) is 0. The van der Waals surface area contributed by atoms with Crippen LogP contribution in [-0.4, -0.2) is 19.5 Å². The van der Waals surface area contributed by atoms with Crippen LogP contribution >= 0.6 is 11.3 Å². The third-order valence-electron chi connectivity index (χ3n) is 8.76. The van der Waals surface area contributed by atoms with Crippen molar-refractivity contribution in [1.29, 1.82) is 10.5 Å². The van der Waals surface area contributed by atoms with Gasteiger partial charge in [0.2, 0.25) is 0 Å². The zero-order valence-electron chi connectivity index (χ0n) is 25.3. The van der Waals surface area contributed by atoms with Gasteiger partial charge in [-0.05, 0) is 30.3 Å². The zero-order valence-corrected chi connectivity index (χ0v) is 26.1. The minimum Gasteiger partial charge on any atom is -0.307 e.